The van der Waals surface area contributed by atoms with Gasteiger partial charge in [-0.3, -0.25) is 9.36 Å². The second-order valence-electron chi connectivity index (χ2n) is 7.45. The lowest BCUT2D eigenvalue weighted by molar-refractivity contribution is -0.171. The summed E-state index contributed by atoms with van der Waals surface area (Å²) >= 11 is 6.26. The van der Waals surface area contributed by atoms with Crippen LogP contribution in [0.1, 0.15) is 53.1 Å². The van der Waals surface area contributed by atoms with Gasteiger partial charge in [-0.1, -0.05) is 72.3 Å². The molecule has 31 heavy (non-hydrogen) atoms. The number of aromatic nitrogens is 2. The zero-order valence-corrected chi connectivity index (χ0v) is 17.3. The van der Waals surface area contributed by atoms with Crippen LogP contribution in [0.2, 0.25) is 5.15 Å². The highest BCUT2D eigenvalue weighted by Crippen LogP contribution is 2.46. The summed E-state index contributed by atoms with van der Waals surface area (Å²) in [4.78, 5) is 16.9. The number of nitrogens with one attached hydrogen (secondary N) is 2. The van der Waals surface area contributed by atoms with Gasteiger partial charge >= 0.3 is 6.18 Å². The summed E-state index contributed by atoms with van der Waals surface area (Å²) in [6.45, 7) is 1.78. The molecule has 1 amide bonds. The molecule has 0 saturated heterocycles. The third kappa shape index (κ3) is 4.25. The average Bonchev–Trinajstić information content (AvgIpc) is 3.10. The molecule has 0 spiro atoms. The highest BCUT2D eigenvalue weighted by Gasteiger charge is 2.47. The number of anilines is 1. The number of imidazole rings is 1. The molecule has 5 nitrogen and oxygen atoms in total. The molecule has 0 fully saturated rings. The summed E-state index contributed by atoms with van der Waals surface area (Å²) in [5.74, 6) is -0.716. The van der Waals surface area contributed by atoms with E-state index in [1.807, 2.05) is 30.3 Å². The smallest absolute Gasteiger partial charge is 0.349 e. The summed E-state index contributed by atoms with van der Waals surface area (Å²) in [6, 6.07) is 15.1. The van der Waals surface area contributed by atoms with Crippen LogP contribution in [0.4, 0.5) is 19.1 Å². The van der Waals surface area contributed by atoms with E-state index in [2.05, 4.69) is 15.6 Å². The van der Waals surface area contributed by atoms with E-state index in [0.29, 0.717) is 5.56 Å². The fraction of sp³-hybridized carbons (Fsp3) is 0.273. The van der Waals surface area contributed by atoms with Crippen molar-refractivity contribution in [1.29, 1.82) is 0 Å². The molecule has 9 heteroatoms. The van der Waals surface area contributed by atoms with Crippen molar-refractivity contribution < 1.29 is 18.0 Å². The topological polar surface area (TPSA) is 59.0 Å². The van der Waals surface area contributed by atoms with Crippen LogP contribution in [-0.4, -0.2) is 21.6 Å². The van der Waals surface area contributed by atoms with Crippen molar-refractivity contribution >= 4 is 23.5 Å². The van der Waals surface area contributed by atoms with E-state index in [0.717, 1.165) is 10.1 Å². The molecule has 2 heterocycles. The SMILES string of the molecule is CC(NC(=O)c1nc2n(c1Cl)C(C(F)(F)F)CC(c1ccccc1)N2)c1ccccc1. The van der Waals surface area contributed by atoms with Crippen LogP contribution in [0.25, 0.3) is 0 Å². The van der Waals surface area contributed by atoms with E-state index in [4.69, 9.17) is 11.6 Å². The molecule has 2 aromatic carbocycles. The maximum absolute atomic E-state index is 13.9. The van der Waals surface area contributed by atoms with Crippen molar-refractivity contribution in [3.8, 4) is 0 Å². The first kappa shape index (κ1) is 21.2. The number of halogens is 4. The number of carbonyl (C=O) groups excluding carboxylic acids is 1. The Hall–Kier alpha value is -3.00. The monoisotopic (exact) mass is 448 g/mol. The first-order valence-corrected chi connectivity index (χ1v) is 10.1. The van der Waals surface area contributed by atoms with E-state index in [1.54, 1.807) is 37.3 Å². The number of benzene rings is 2. The third-order valence-electron chi connectivity index (χ3n) is 5.37. The Morgan fingerprint density at radius 2 is 1.77 bits per heavy atom. The molecule has 2 N–H and O–H groups in total. The molecule has 3 aromatic rings. The van der Waals surface area contributed by atoms with Gasteiger partial charge in [-0.15, -0.1) is 0 Å². The average molecular weight is 449 g/mol. The van der Waals surface area contributed by atoms with Gasteiger partial charge < -0.3 is 10.6 Å². The quantitative estimate of drug-likeness (QED) is 0.539. The Balaban J connectivity index is 1.66. The van der Waals surface area contributed by atoms with Gasteiger partial charge in [0.15, 0.2) is 5.69 Å². The van der Waals surface area contributed by atoms with Gasteiger partial charge in [-0.25, -0.2) is 4.98 Å². The van der Waals surface area contributed by atoms with Crippen LogP contribution >= 0.6 is 11.6 Å². The highest BCUT2D eigenvalue weighted by molar-refractivity contribution is 6.33. The maximum Gasteiger partial charge on any atom is 0.409 e. The molecule has 162 valence electrons. The van der Waals surface area contributed by atoms with Crippen LogP contribution in [-0.2, 0) is 0 Å². The lowest BCUT2D eigenvalue weighted by Crippen LogP contribution is -2.35. The minimum Gasteiger partial charge on any atom is -0.349 e. The van der Waals surface area contributed by atoms with Crippen LogP contribution < -0.4 is 10.6 Å². The van der Waals surface area contributed by atoms with Gasteiger partial charge in [-0.05, 0) is 18.1 Å². The fourth-order valence-electron chi connectivity index (χ4n) is 3.76. The Morgan fingerprint density at radius 3 is 2.39 bits per heavy atom. The minimum atomic E-state index is -4.56. The van der Waals surface area contributed by atoms with Gasteiger partial charge in [0.1, 0.15) is 11.2 Å². The molecule has 0 saturated carbocycles. The zero-order chi connectivity index (χ0) is 22.2. The number of hydrogen-bond acceptors (Lipinski definition) is 3. The second-order valence-corrected chi connectivity index (χ2v) is 7.81. The molecule has 3 unspecified atom stereocenters. The summed E-state index contributed by atoms with van der Waals surface area (Å²) in [7, 11) is 0. The normalized spacial score (nSPS) is 19.3. The molecule has 4 rings (SSSR count). The molecule has 1 aromatic heterocycles. The number of amides is 1. The highest BCUT2D eigenvalue weighted by atomic mass is 35.5. The predicted molar refractivity (Wildman–Crippen MR) is 112 cm³/mol. The lowest BCUT2D eigenvalue weighted by atomic mass is 9.97. The van der Waals surface area contributed by atoms with Crippen LogP contribution in [0.5, 0.6) is 0 Å². The molecule has 0 bridgehead atoms. The zero-order valence-electron chi connectivity index (χ0n) is 16.5. The van der Waals surface area contributed by atoms with Crippen LogP contribution in [0.3, 0.4) is 0 Å². The van der Waals surface area contributed by atoms with E-state index in [1.165, 1.54) is 0 Å². The van der Waals surface area contributed by atoms with E-state index in [9.17, 15) is 18.0 Å². The summed E-state index contributed by atoms with van der Waals surface area (Å²) < 4.78 is 42.6. The van der Waals surface area contributed by atoms with Crippen molar-refractivity contribution in [1.82, 2.24) is 14.9 Å². The molecule has 1 aliphatic heterocycles. The van der Waals surface area contributed by atoms with Crippen molar-refractivity contribution in [2.45, 2.75) is 37.6 Å². The van der Waals surface area contributed by atoms with E-state index in [-0.39, 0.29) is 29.3 Å². The van der Waals surface area contributed by atoms with Gasteiger partial charge in [0.2, 0.25) is 5.95 Å². The Morgan fingerprint density at radius 1 is 1.16 bits per heavy atom. The van der Waals surface area contributed by atoms with Gasteiger partial charge in [-0.2, -0.15) is 13.2 Å². The molecule has 1 aliphatic rings. The number of carbonyl (C=O) groups is 1. The first-order chi connectivity index (χ1) is 14.8. The molecular formula is C22H20ClF3N4O. The molecule has 0 aliphatic carbocycles. The van der Waals surface area contributed by atoms with Crippen molar-refractivity contribution in [2.75, 3.05) is 5.32 Å². The predicted octanol–water partition coefficient (Wildman–Crippen LogP) is 5.69. The number of rotatable bonds is 4. The first-order valence-electron chi connectivity index (χ1n) is 9.77. The maximum atomic E-state index is 13.9. The summed E-state index contributed by atoms with van der Waals surface area (Å²) in [5, 5.41) is 5.42. The van der Waals surface area contributed by atoms with E-state index >= 15 is 0 Å². The minimum absolute atomic E-state index is 0.0788. The standard InChI is InChI=1S/C22H20ClF3N4O/c1-13(14-8-4-2-5-9-14)27-20(31)18-19(23)30-17(22(24,25)26)12-16(28-21(30)29-18)15-10-6-3-7-11-15/h2-11,13,16-17H,12H2,1H3,(H,27,31)(H,28,29). The molecular weight excluding hydrogens is 429 g/mol. The number of alkyl halides is 3. The fourth-order valence-corrected chi connectivity index (χ4v) is 4.09. The van der Waals surface area contributed by atoms with Gasteiger partial charge in [0, 0.05) is 6.42 Å². The number of fused-ring (bicyclic) bond motifs is 1. The van der Waals surface area contributed by atoms with Gasteiger partial charge in [0.25, 0.3) is 5.91 Å². The van der Waals surface area contributed by atoms with Crippen LogP contribution in [0, 0.1) is 0 Å². The largest absolute Gasteiger partial charge is 0.409 e. The van der Waals surface area contributed by atoms with Gasteiger partial charge in [0.05, 0.1) is 12.1 Å². The lowest BCUT2D eigenvalue weighted by Gasteiger charge is -2.34. The summed E-state index contributed by atoms with van der Waals surface area (Å²) in [6.07, 6.45) is -4.82. The Bertz CT molecular complexity index is 1070. The Labute approximate surface area is 182 Å². The van der Waals surface area contributed by atoms with Crippen molar-refractivity contribution in [3.63, 3.8) is 0 Å². The van der Waals surface area contributed by atoms with Crippen molar-refractivity contribution in [3.05, 3.63) is 82.6 Å². The molecule has 0 radical (unpaired) electrons. The summed E-state index contributed by atoms with van der Waals surface area (Å²) in [5.41, 5.74) is 1.31. The molecule has 3 atom stereocenters. The second kappa shape index (κ2) is 8.26. The van der Waals surface area contributed by atoms with Crippen molar-refractivity contribution in [2.24, 2.45) is 0 Å². The number of nitrogens with zero attached hydrogens (tertiary/aromatic N) is 2. The number of hydrogen-bond donors (Lipinski definition) is 2. The Kier molecular flexibility index (Phi) is 5.66. The van der Waals surface area contributed by atoms with Crippen LogP contribution in [0.15, 0.2) is 60.7 Å². The van der Waals surface area contributed by atoms with E-state index < -0.39 is 24.2 Å². The third-order valence-corrected chi connectivity index (χ3v) is 5.73.